The van der Waals surface area contributed by atoms with Crippen LogP contribution in [-0.4, -0.2) is 15.3 Å². The van der Waals surface area contributed by atoms with Crippen LogP contribution in [0.2, 0.25) is 0 Å². The first kappa shape index (κ1) is 9.83. The van der Waals surface area contributed by atoms with Gasteiger partial charge >= 0.3 is 0 Å². The Hall–Kier alpha value is -1.71. The maximum absolute atomic E-state index is 11.6. The van der Waals surface area contributed by atoms with Gasteiger partial charge in [-0.15, -0.1) is 0 Å². The minimum absolute atomic E-state index is 0.00165. The van der Waals surface area contributed by atoms with Crippen LogP contribution >= 0.6 is 0 Å². The quantitative estimate of drug-likeness (QED) is 0.687. The van der Waals surface area contributed by atoms with E-state index >= 15 is 0 Å². The lowest BCUT2D eigenvalue weighted by molar-refractivity contribution is -0.112. The van der Waals surface area contributed by atoms with Gasteiger partial charge in [0.1, 0.15) is 0 Å². The van der Waals surface area contributed by atoms with E-state index in [2.05, 4.69) is 4.98 Å². The van der Waals surface area contributed by atoms with Crippen LogP contribution in [0.1, 0.15) is 19.8 Å². The van der Waals surface area contributed by atoms with Gasteiger partial charge < -0.3 is 0 Å². The zero-order valence-corrected chi connectivity index (χ0v) is 8.51. The molecule has 0 bridgehead atoms. The van der Waals surface area contributed by atoms with Crippen molar-refractivity contribution in [1.82, 2.24) is 9.55 Å². The summed E-state index contributed by atoms with van der Waals surface area (Å²) >= 11 is 0. The highest BCUT2D eigenvalue weighted by molar-refractivity contribution is 5.87. The molecule has 0 atom stereocenters. The summed E-state index contributed by atoms with van der Waals surface area (Å²) in [7, 11) is 0. The van der Waals surface area contributed by atoms with Crippen molar-refractivity contribution in [2.45, 2.75) is 25.3 Å². The molecule has 0 amide bonds. The topological polar surface area (TPSA) is 52.0 Å². The van der Waals surface area contributed by atoms with Crippen molar-refractivity contribution in [1.29, 1.82) is 0 Å². The van der Waals surface area contributed by atoms with E-state index in [1.54, 1.807) is 10.6 Å². The number of nitrogens with zero attached hydrogens (tertiary/aromatic N) is 2. The SMILES string of the molecule is CC(=O)/C=C/C1(n2cnccc2=O)CC1. The Bertz CT molecular complexity index is 469. The highest BCUT2D eigenvalue weighted by Gasteiger charge is 2.42. The van der Waals surface area contributed by atoms with Gasteiger partial charge in [0, 0.05) is 12.3 Å². The summed E-state index contributed by atoms with van der Waals surface area (Å²) in [5.74, 6) is -0.00165. The standard InChI is InChI=1S/C11H12N2O2/c1-9(14)2-4-11(5-6-11)13-8-12-7-3-10(13)15/h2-4,7-8H,5-6H2,1H3/b4-2+. The smallest absolute Gasteiger partial charge is 0.254 e. The second kappa shape index (κ2) is 3.46. The van der Waals surface area contributed by atoms with E-state index in [0.29, 0.717) is 0 Å². The van der Waals surface area contributed by atoms with Gasteiger partial charge in [0.05, 0.1) is 11.9 Å². The molecule has 0 radical (unpaired) electrons. The molecule has 0 aromatic carbocycles. The summed E-state index contributed by atoms with van der Waals surface area (Å²) in [5, 5.41) is 0. The second-order valence-corrected chi connectivity index (χ2v) is 3.84. The third kappa shape index (κ3) is 1.88. The Labute approximate surface area is 87.3 Å². The summed E-state index contributed by atoms with van der Waals surface area (Å²) in [6.45, 7) is 1.50. The Morgan fingerprint density at radius 1 is 1.60 bits per heavy atom. The van der Waals surface area contributed by atoms with Gasteiger partial charge in [0.15, 0.2) is 5.78 Å². The largest absolute Gasteiger partial charge is 0.295 e. The number of ketones is 1. The summed E-state index contributed by atoms with van der Waals surface area (Å²) in [6.07, 6.45) is 8.11. The van der Waals surface area contributed by atoms with E-state index < -0.39 is 0 Å². The fourth-order valence-electron chi connectivity index (χ4n) is 1.57. The van der Waals surface area contributed by atoms with Gasteiger partial charge in [-0.2, -0.15) is 0 Å². The molecule has 78 valence electrons. The maximum atomic E-state index is 11.6. The third-order valence-corrected chi connectivity index (χ3v) is 2.59. The second-order valence-electron chi connectivity index (χ2n) is 3.84. The van der Waals surface area contributed by atoms with Crippen LogP contribution in [0.4, 0.5) is 0 Å². The van der Waals surface area contributed by atoms with E-state index in [0.717, 1.165) is 12.8 Å². The molecule has 4 nitrogen and oxygen atoms in total. The van der Waals surface area contributed by atoms with Gasteiger partial charge in [-0.25, -0.2) is 4.98 Å². The number of aromatic nitrogens is 2. The average Bonchev–Trinajstić information content (AvgIpc) is 2.97. The molecule has 1 aromatic rings. The monoisotopic (exact) mass is 204 g/mol. The molecule has 1 fully saturated rings. The molecule has 1 aromatic heterocycles. The van der Waals surface area contributed by atoms with Gasteiger partial charge in [-0.3, -0.25) is 14.2 Å². The molecule has 0 saturated heterocycles. The van der Waals surface area contributed by atoms with Crippen LogP contribution in [0, 0.1) is 0 Å². The van der Waals surface area contributed by atoms with Gasteiger partial charge in [-0.05, 0) is 25.8 Å². The van der Waals surface area contributed by atoms with Gasteiger partial charge in [-0.1, -0.05) is 6.08 Å². The number of carbonyl (C=O) groups excluding carboxylic acids is 1. The molecule has 1 heterocycles. The third-order valence-electron chi connectivity index (χ3n) is 2.59. The molecule has 0 aliphatic heterocycles. The van der Waals surface area contributed by atoms with Crippen molar-refractivity contribution < 1.29 is 4.79 Å². The van der Waals surface area contributed by atoms with Crippen LogP contribution in [0.5, 0.6) is 0 Å². The molecule has 1 aliphatic carbocycles. The van der Waals surface area contributed by atoms with E-state index in [9.17, 15) is 9.59 Å². The van der Waals surface area contributed by atoms with Gasteiger partial charge in [0.25, 0.3) is 5.56 Å². The normalized spacial score (nSPS) is 17.9. The van der Waals surface area contributed by atoms with Crippen LogP contribution in [0.15, 0.2) is 35.5 Å². The summed E-state index contributed by atoms with van der Waals surface area (Å²) < 4.78 is 1.59. The Morgan fingerprint density at radius 2 is 2.33 bits per heavy atom. The lowest BCUT2D eigenvalue weighted by Crippen LogP contribution is -2.28. The molecule has 15 heavy (non-hydrogen) atoms. The van der Waals surface area contributed by atoms with Crippen molar-refractivity contribution in [3.63, 3.8) is 0 Å². The van der Waals surface area contributed by atoms with E-state index in [1.807, 2.05) is 0 Å². The van der Waals surface area contributed by atoms with Crippen molar-refractivity contribution in [2.75, 3.05) is 0 Å². The molecule has 0 N–H and O–H groups in total. The number of hydrogen-bond acceptors (Lipinski definition) is 3. The Morgan fingerprint density at radius 3 is 2.87 bits per heavy atom. The maximum Gasteiger partial charge on any atom is 0.254 e. The fraction of sp³-hybridized carbons (Fsp3) is 0.364. The molecular weight excluding hydrogens is 192 g/mol. The number of rotatable bonds is 3. The van der Waals surface area contributed by atoms with Crippen LogP contribution in [-0.2, 0) is 10.3 Å². The lowest BCUT2D eigenvalue weighted by atomic mass is 10.2. The van der Waals surface area contributed by atoms with Crippen molar-refractivity contribution in [3.05, 3.63) is 41.1 Å². The van der Waals surface area contributed by atoms with Crippen LogP contribution < -0.4 is 5.56 Å². The molecular formula is C11H12N2O2. The first-order valence-corrected chi connectivity index (χ1v) is 4.87. The molecule has 1 aliphatic rings. The van der Waals surface area contributed by atoms with Crippen molar-refractivity contribution >= 4 is 5.78 Å². The first-order chi connectivity index (χ1) is 7.14. The van der Waals surface area contributed by atoms with Crippen LogP contribution in [0.3, 0.4) is 0 Å². The summed E-state index contributed by atoms with van der Waals surface area (Å²) in [4.78, 5) is 26.3. The molecule has 0 unspecified atom stereocenters. The molecule has 4 heteroatoms. The van der Waals surface area contributed by atoms with Crippen molar-refractivity contribution in [2.24, 2.45) is 0 Å². The molecule has 0 spiro atoms. The average molecular weight is 204 g/mol. The number of carbonyl (C=O) groups is 1. The zero-order chi connectivity index (χ0) is 10.9. The molecule has 2 rings (SSSR count). The Balaban J connectivity index is 2.35. The van der Waals surface area contributed by atoms with Crippen LogP contribution in [0.25, 0.3) is 0 Å². The summed E-state index contributed by atoms with van der Waals surface area (Å²) in [5.41, 5.74) is -0.368. The summed E-state index contributed by atoms with van der Waals surface area (Å²) in [6, 6.07) is 1.43. The van der Waals surface area contributed by atoms with E-state index in [-0.39, 0.29) is 16.9 Å². The Kier molecular flexibility index (Phi) is 2.26. The van der Waals surface area contributed by atoms with Crippen molar-refractivity contribution in [3.8, 4) is 0 Å². The predicted octanol–water partition coefficient (Wildman–Crippen LogP) is 0.878. The lowest BCUT2D eigenvalue weighted by Gasteiger charge is -2.12. The molecule has 1 saturated carbocycles. The number of hydrogen-bond donors (Lipinski definition) is 0. The number of allylic oxidation sites excluding steroid dienone is 2. The van der Waals surface area contributed by atoms with E-state index in [4.69, 9.17) is 0 Å². The van der Waals surface area contributed by atoms with Gasteiger partial charge in [0.2, 0.25) is 0 Å². The minimum atomic E-state index is -0.295. The van der Waals surface area contributed by atoms with E-state index in [1.165, 1.54) is 31.6 Å². The first-order valence-electron chi connectivity index (χ1n) is 4.87. The predicted molar refractivity (Wildman–Crippen MR) is 55.5 cm³/mol. The fourth-order valence-corrected chi connectivity index (χ4v) is 1.57. The highest BCUT2D eigenvalue weighted by Crippen LogP contribution is 2.43. The zero-order valence-electron chi connectivity index (χ0n) is 8.51. The minimum Gasteiger partial charge on any atom is -0.295 e. The highest BCUT2D eigenvalue weighted by atomic mass is 16.1.